The summed E-state index contributed by atoms with van der Waals surface area (Å²) in [5, 5.41) is 18.1. The largest absolute Gasteiger partial charge is 0.474 e. The van der Waals surface area contributed by atoms with Gasteiger partial charge in [0.25, 0.3) is 5.56 Å². The minimum absolute atomic E-state index is 0.00307. The summed E-state index contributed by atoms with van der Waals surface area (Å²) in [5.74, 6) is -0.353. The maximum Gasteiger partial charge on any atom is 0.335 e. The summed E-state index contributed by atoms with van der Waals surface area (Å²) in [6, 6.07) is 3.07. The van der Waals surface area contributed by atoms with Crippen molar-refractivity contribution in [1.82, 2.24) is 34.9 Å². The van der Waals surface area contributed by atoms with Crippen molar-refractivity contribution in [3.05, 3.63) is 35.3 Å². The molecule has 24 heteroatoms. The van der Waals surface area contributed by atoms with Crippen LogP contribution in [0.5, 0.6) is 5.88 Å². The highest BCUT2D eigenvalue weighted by molar-refractivity contribution is 8.07. The maximum absolute atomic E-state index is 12.8. The quantitative estimate of drug-likeness (QED) is 0.0896. The molecule has 0 amide bonds. The molecule has 3 aromatic rings. The number of nitrogens with one attached hydrogen (secondary N) is 1. The van der Waals surface area contributed by atoms with Crippen molar-refractivity contribution in [2.24, 2.45) is 11.8 Å². The van der Waals surface area contributed by atoms with Gasteiger partial charge in [-0.25, -0.2) is 19.6 Å². The first-order valence-corrected chi connectivity index (χ1v) is 27.9. The van der Waals surface area contributed by atoms with Gasteiger partial charge < -0.3 is 45.7 Å². The molecule has 2 unspecified atom stereocenters. The first kappa shape index (κ1) is 46.2. The Morgan fingerprint density at radius 3 is 2.46 bits per heavy atom. The van der Waals surface area contributed by atoms with Gasteiger partial charge in [0.05, 0.1) is 50.3 Å². The minimum Gasteiger partial charge on any atom is -0.474 e. The zero-order valence-electron chi connectivity index (χ0n) is 34.6. The molecule has 1 aliphatic heterocycles. The number of aromatic nitrogens is 7. The van der Waals surface area contributed by atoms with Crippen molar-refractivity contribution in [3.8, 4) is 11.9 Å². The predicted octanol–water partition coefficient (Wildman–Crippen LogP) is 6.00. The summed E-state index contributed by atoms with van der Waals surface area (Å²) in [6.07, 6.45) is 2.64. The molecular formula is C35H56N8O11P2SSi2. The van der Waals surface area contributed by atoms with Gasteiger partial charge in [0.2, 0.25) is 5.88 Å². The summed E-state index contributed by atoms with van der Waals surface area (Å²) < 4.78 is 67.0. The third kappa shape index (κ3) is 9.98. The Morgan fingerprint density at radius 1 is 1.08 bits per heavy atom. The number of H-pyrrole nitrogens is 1. The van der Waals surface area contributed by atoms with Gasteiger partial charge in [-0.3, -0.25) is 9.36 Å². The molecule has 3 aliphatic rings. The zero-order chi connectivity index (χ0) is 42.7. The lowest BCUT2D eigenvalue weighted by molar-refractivity contribution is -0.0256. The molecule has 0 aromatic carbocycles. The van der Waals surface area contributed by atoms with Crippen LogP contribution < -0.4 is 10.3 Å². The van der Waals surface area contributed by atoms with Crippen molar-refractivity contribution in [3.63, 3.8) is 0 Å². The molecule has 326 valence electrons. The molecule has 6 rings (SSSR count). The topological polar surface area (TPSA) is 237 Å². The third-order valence-electron chi connectivity index (χ3n) is 11.5. The molecule has 2 aliphatic carbocycles. The average Bonchev–Trinajstić information content (AvgIpc) is 3.86. The van der Waals surface area contributed by atoms with E-state index in [4.69, 9.17) is 47.6 Å². The molecule has 2 N–H and O–H groups in total. The lowest BCUT2D eigenvalue weighted by Gasteiger charge is -2.52. The number of aromatic amines is 1. The Bertz CT molecular complexity index is 2050. The van der Waals surface area contributed by atoms with Crippen LogP contribution in [0, 0.1) is 23.2 Å². The van der Waals surface area contributed by atoms with Crippen molar-refractivity contribution >= 4 is 55.1 Å². The van der Waals surface area contributed by atoms with E-state index < -0.39 is 74.0 Å². The number of nitrogens with zero attached hydrogens (tertiary/aromatic N) is 7. The van der Waals surface area contributed by atoms with Crippen LogP contribution in [0.4, 0.5) is 0 Å². The normalized spacial score (nSPS) is 28.4. The fourth-order valence-corrected chi connectivity index (χ4v) is 22.7. The molecule has 2 saturated carbocycles. The van der Waals surface area contributed by atoms with E-state index in [-0.39, 0.29) is 65.3 Å². The van der Waals surface area contributed by atoms with Crippen LogP contribution in [-0.2, 0) is 47.4 Å². The van der Waals surface area contributed by atoms with Crippen LogP contribution in [0.2, 0.25) is 22.2 Å². The van der Waals surface area contributed by atoms with Crippen LogP contribution in [0.25, 0.3) is 11.2 Å². The van der Waals surface area contributed by atoms with Gasteiger partial charge in [-0.15, -0.1) is 5.10 Å². The van der Waals surface area contributed by atoms with E-state index in [0.29, 0.717) is 25.3 Å². The van der Waals surface area contributed by atoms with E-state index in [1.165, 1.54) is 12.7 Å². The van der Waals surface area contributed by atoms with Gasteiger partial charge in [-0.05, 0) is 46.8 Å². The lowest BCUT2D eigenvalue weighted by atomic mass is 10.1. The molecule has 0 bridgehead atoms. The molecule has 9 atom stereocenters. The Kier molecular flexibility index (Phi) is 15.1. The highest BCUT2D eigenvalue weighted by atomic mass is 32.5. The van der Waals surface area contributed by atoms with Crippen molar-refractivity contribution in [1.29, 1.82) is 5.26 Å². The second-order valence-electron chi connectivity index (χ2n) is 16.6. The van der Waals surface area contributed by atoms with Crippen LogP contribution >= 0.6 is 15.0 Å². The second-order valence-corrected chi connectivity index (χ2v) is 29.1. The Hall–Kier alpha value is -2.36. The Balaban J connectivity index is 1.39. The molecule has 4 heterocycles. The summed E-state index contributed by atoms with van der Waals surface area (Å²) in [4.78, 5) is 37.7. The molecule has 3 aromatic heterocycles. The van der Waals surface area contributed by atoms with E-state index in [1.807, 2.05) is 0 Å². The van der Waals surface area contributed by atoms with Gasteiger partial charge in [0.1, 0.15) is 18.5 Å². The van der Waals surface area contributed by atoms with Gasteiger partial charge >= 0.3 is 32.1 Å². The Labute approximate surface area is 351 Å². The average molecular weight is 915 g/mol. The maximum atomic E-state index is 12.8. The number of rotatable bonds is 17. The number of hydrogen-bond donors (Lipinski definition) is 2. The molecule has 0 spiro atoms. The molecule has 0 radical (unpaired) electrons. The van der Waals surface area contributed by atoms with Gasteiger partial charge in [-0.2, -0.15) is 5.26 Å². The summed E-state index contributed by atoms with van der Waals surface area (Å²) in [7, 11) is -9.43. The van der Waals surface area contributed by atoms with E-state index in [0.717, 1.165) is 0 Å². The summed E-state index contributed by atoms with van der Waals surface area (Å²) in [5.41, 5.74) is 0.123. The van der Waals surface area contributed by atoms with Gasteiger partial charge in [0.15, 0.2) is 11.2 Å². The van der Waals surface area contributed by atoms with E-state index in [1.54, 1.807) is 16.9 Å². The Morgan fingerprint density at radius 2 is 1.81 bits per heavy atom. The zero-order valence-corrected chi connectivity index (χ0v) is 39.3. The SMILES string of the molecule is CC(C)[Si]1(C(C)C)OC[C@H]2C[C@@H](n3nnc4c(=O)[nH]cnc43)[C@@H](OP(=S)(OCCC#N)OC[C@H]3C[C@@H](Oc4ccncn4)C[C@@H]3O[PH](=O)O)[C@@H]2O[Si](C(C)C)(C(C)C)O1. The van der Waals surface area contributed by atoms with Crippen molar-refractivity contribution in [2.45, 2.75) is 134 Å². The first-order valence-electron chi connectivity index (χ1n) is 20.1. The van der Waals surface area contributed by atoms with E-state index >= 15 is 0 Å². The summed E-state index contributed by atoms with van der Waals surface area (Å²) in [6.45, 7) is 13.5. The van der Waals surface area contributed by atoms with Crippen LogP contribution in [-0.4, -0.2) is 101 Å². The minimum atomic E-state index is -3.80. The van der Waals surface area contributed by atoms with Gasteiger partial charge in [-0.1, -0.05) is 60.6 Å². The van der Waals surface area contributed by atoms with Crippen LogP contribution in [0.1, 0.15) is 87.1 Å². The number of fused-ring (bicyclic) bond motifs is 2. The number of ether oxygens (including phenoxy) is 1. The third-order valence-corrected chi connectivity index (χ3v) is 24.6. The van der Waals surface area contributed by atoms with Crippen LogP contribution in [0.3, 0.4) is 0 Å². The second kappa shape index (κ2) is 19.4. The summed E-state index contributed by atoms with van der Waals surface area (Å²) >= 11 is 6.19. The number of hydrogen-bond acceptors (Lipinski definition) is 17. The highest BCUT2D eigenvalue weighted by Crippen LogP contribution is 2.58. The smallest absolute Gasteiger partial charge is 0.335 e. The van der Waals surface area contributed by atoms with Crippen molar-refractivity contribution in [2.75, 3.05) is 19.8 Å². The molecule has 59 heavy (non-hydrogen) atoms. The fourth-order valence-electron chi connectivity index (χ4n) is 8.66. The van der Waals surface area contributed by atoms with E-state index in [2.05, 4.69) is 91.7 Å². The van der Waals surface area contributed by atoms with Crippen molar-refractivity contribution < 1.29 is 45.3 Å². The first-order chi connectivity index (χ1) is 28.0. The monoisotopic (exact) mass is 914 g/mol. The number of nitriles is 1. The predicted molar refractivity (Wildman–Crippen MR) is 223 cm³/mol. The fraction of sp³-hybridized carbons (Fsp3) is 0.743. The standard InChI is InChI=1S/C35H56N8O11P2SSi2/c1-21(2)58(22(3)4)49-18-26-15-28(43-34-31(41-42-43)35(44)40-20-39-34)33(32(26)53-59(54-58,23(5)6)24(7)8)52-56(57,47-13-9-11-36)48-17-25-14-27(16-29(25)51-55(45)46)50-30-10-12-37-19-38-30/h10,12,19-29,32-33,55H,9,13-18H2,1-8H3,(H,45,46)(H,39,40,44)/t25-,26-,27-,28-,29+,32-,33-,56?/m1/s1. The lowest BCUT2D eigenvalue weighted by Crippen LogP contribution is -2.65. The highest BCUT2D eigenvalue weighted by Gasteiger charge is 2.62. The van der Waals surface area contributed by atoms with Gasteiger partial charge in [0, 0.05) is 37.1 Å². The molecule has 19 nitrogen and oxygen atoms in total. The molecule has 3 fully saturated rings. The molecule has 1 saturated heterocycles. The van der Waals surface area contributed by atoms with E-state index in [9.17, 15) is 19.5 Å². The van der Waals surface area contributed by atoms with Crippen LogP contribution in [0.15, 0.2) is 29.7 Å². The molecular weight excluding hydrogens is 859 g/mol.